The fourth-order valence-corrected chi connectivity index (χ4v) is 1.67. The Hall–Kier alpha value is -0.540. The quantitative estimate of drug-likeness (QED) is 0.810. The van der Waals surface area contributed by atoms with Crippen LogP contribution in [0.15, 0.2) is 0 Å². The monoisotopic (exact) mass is 201 g/mol. The number of halogens is 1. The van der Waals surface area contributed by atoms with Crippen LogP contribution in [0.25, 0.3) is 0 Å². The third-order valence-corrected chi connectivity index (χ3v) is 2.36. The van der Waals surface area contributed by atoms with E-state index in [2.05, 4.69) is 28.7 Å². The normalized spacial score (nSPS) is 11.2. The number of hydrogen-bond donors (Lipinski definition) is 1. The lowest BCUT2D eigenvalue weighted by Crippen LogP contribution is -2.11. The Kier molecular flexibility index (Phi) is 3.33. The van der Waals surface area contributed by atoms with E-state index in [1.165, 1.54) is 0 Å². The van der Waals surface area contributed by atoms with Crippen molar-refractivity contribution in [3.8, 4) is 0 Å². The average Bonchev–Trinajstić information content (AvgIpc) is 2.32. The third kappa shape index (κ3) is 2.03. The molecule has 1 N–H and O–H groups in total. The van der Waals surface area contributed by atoms with E-state index in [9.17, 15) is 0 Å². The molecule has 3 nitrogen and oxygen atoms in total. The number of aromatic nitrogens is 2. The largest absolute Gasteiger partial charge is 0.332 e. The number of nitrogens with one attached hydrogen (secondary N) is 1. The van der Waals surface area contributed by atoms with Crippen LogP contribution >= 0.6 is 11.6 Å². The van der Waals surface area contributed by atoms with E-state index in [-0.39, 0.29) is 0 Å². The molecule has 0 fully saturated rings. The molecule has 1 aromatic rings. The first kappa shape index (κ1) is 10.5. The fraction of sp³-hybridized carbons (Fsp3) is 0.667. The van der Waals surface area contributed by atoms with Crippen LogP contribution in [0.3, 0.4) is 0 Å². The predicted octanol–water partition coefficient (Wildman–Crippen LogP) is 1.92. The lowest BCUT2D eigenvalue weighted by Gasteiger charge is -2.07. The first-order valence-electron chi connectivity index (χ1n) is 4.43. The maximum absolute atomic E-state index is 6.00. The van der Waals surface area contributed by atoms with Crippen LogP contribution < -0.4 is 5.32 Å². The van der Waals surface area contributed by atoms with Gasteiger partial charge in [0.25, 0.3) is 0 Å². The van der Waals surface area contributed by atoms with Crippen molar-refractivity contribution in [1.82, 2.24) is 14.9 Å². The molecule has 0 radical (unpaired) electrons. The molecule has 0 aliphatic rings. The van der Waals surface area contributed by atoms with Crippen LogP contribution in [0.1, 0.15) is 31.3 Å². The van der Waals surface area contributed by atoms with E-state index in [1.54, 1.807) is 0 Å². The second-order valence-electron chi connectivity index (χ2n) is 3.45. The second-order valence-corrected chi connectivity index (χ2v) is 3.81. The number of rotatable bonds is 3. The lowest BCUT2D eigenvalue weighted by atomic mass is 10.2. The summed E-state index contributed by atoms with van der Waals surface area (Å²) in [6, 6.07) is 0. The zero-order valence-corrected chi connectivity index (χ0v) is 9.31. The molecule has 0 aliphatic carbocycles. The average molecular weight is 202 g/mol. The van der Waals surface area contributed by atoms with Crippen LogP contribution in [0.5, 0.6) is 0 Å². The molecule has 13 heavy (non-hydrogen) atoms. The van der Waals surface area contributed by atoms with E-state index >= 15 is 0 Å². The van der Waals surface area contributed by atoms with Gasteiger partial charge in [0.05, 0.1) is 5.69 Å². The Labute approximate surface area is 84.1 Å². The highest BCUT2D eigenvalue weighted by Gasteiger charge is 2.14. The fourth-order valence-electron chi connectivity index (χ4n) is 1.39. The first-order valence-corrected chi connectivity index (χ1v) is 4.81. The van der Waals surface area contributed by atoms with Crippen molar-refractivity contribution in [3.05, 3.63) is 16.7 Å². The summed E-state index contributed by atoms with van der Waals surface area (Å²) in [5, 5.41) is 3.68. The smallest absolute Gasteiger partial charge is 0.151 e. The molecule has 4 heteroatoms. The van der Waals surface area contributed by atoms with Crippen molar-refractivity contribution in [2.24, 2.45) is 7.05 Å². The highest BCUT2D eigenvalue weighted by atomic mass is 35.5. The van der Waals surface area contributed by atoms with E-state index < -0.39 is 0 Å². The zero-order chi connectivity index (χ0) is 10.0. The molecule has 74 valence electrons. The van der Waals surface area contributed by atoms with Gasteiger partial charge < -0.3 is 9.88 Å². The molecule has 0 aliphatic heterocycles. The second kappa shape index (κ2) is 4.11. The Balaban J connectivity index is 3.07. The molecular weight excluding hydrogens is 186 g/mol. The van der Waals surface area contributed by atoms with E-state index in [1.807, 2.05) is 14.1 Å². The van der Waals surface area contributed by atoms with Gasteiger partial charge >= 0.3 is 0 Å². The predicted molar refractivity (Wildman–Crippen MR) is 55.1 cm³/mol. The molecule has 0 saturated carbocycles. The molecule has 0 aromatic carbocycles. The maximum atomic E-state index is 6.00. The van der Waals surface area contributed by atoms with E-state index in [0.717, 1.165) is 18.1 Å². The summed E-state index contributed by atoms with van der Waals surface area (Å²) < 4.78 is 2.06. The minimum Gasteiger partial charge on any atom is -0.332 e. The SMILES string of the molecule is CNCc1c(Cl)nc(C(C)C)n1C. The van der Waals surface area contributed by atoms with E-state index in [0.29, 0.717) is 11.1 Å². The molecule has 1 aromatic heterocycles. The lowest BCUT2D eigenvalue weighted by molar-refractivity contribution is 0.667. The van der Waals surface area contributed by atoms with Gasteiger partial charge in [-0.15, -0.1) is 0 Å². The van der Waals surface area contributed by atoms with Crippen molar-refractivity contribution >= 4 is 11.6 Å². The Morgan fingerprint density at radius 3 is 2.54 bits per heavy atom. The van der Waals surface area contributed by atoms with Gasteiger partial charge in [0.15, 0.2) is 5.15 Å². The molecule has 0 unspecified atom stereocenters. The van der Waals surface area contributed by atoms with Gasteiger partial charge in [0.1, 0.15) is 5.82 Å². The number of nitrogens with zero attached hydrogens (tertiary/aromatic N) is 2. The molecule has 0 bridgehead atoms. The minimum atomic E-state index is 0.410. The maximum Gasteiger partial charge on any atom is 0.151 e. The highest BCUT2D eigenvalue weighted by molar-refractivity contribution is 6.30. The molecular formula is C9H16ClN3. The highest BCUT2D eigenvalue weighted by Crippen LogP contribution is 2.21. The summed E-state index contributed by atoms with van der Waals surface area (Å²) in [6.45, 7) is 4.98. The van der Waals surface area contributed by atoms with Gasteiger partial charge in [-0.25, -0.2) is 4.98 Å². The summed E-state index contributed by atoms with van der Waals surface area (Å²) in [4.78, 5) is 4.32. The zero-order valence-electron chi connectivity index (χ0n) is 8.56. The van der Waals surface area contributed by atoms with Gasteiger partial charge in [0.2, 0.25) is 0 Å². The van der Waals surface area contributed by atoms with E-state index in [4.69, 9.17) is 11.6 Å². The first-order chi connectivity index (χ1) is 6.07. The van der Waals surface area contributed by atoms with Crippen LogP contribution in [0.4, 0.5) is 0 Å². The van der Waals surface area contributed by atoms with Gasteiger partial charge in [-0.2, -0.15) is 0 Å². The third-order valence-electron chi connectivity index (χ3n) is 2.06. The molecule has 0 atom stereocenters. The van der Waals surface area contributed by atoms with Gasteiger partial charge in [-0.1, -0.05) is 25.4 Å². The Morgan fingerprint density at radius 2 is 2.15 bits per heavy atom. The van der Waals surface area contributed by atoms with Gasteiger partial charge in [-0.3, -0.25) is 0 Å². The van der Waals surface area contributed by atoms with Gasteiger partial charge in [-0.05, 0) is 7.05 Å². The van der Waals surface area contributed by atoms with Crippen molar-refractivity contribution in [2.45, 2.75) is 26.3 Å². The van der Waals surface area contributed by atoms with Gasteiger partial charge in [0, 0.05) is 19.5 Å². The molecule has 1 rings (SSSR count). The summed E-state index contributed by atoms with van der Waals surface area (Å²) in [5.74, 6) is 1.45. The molecule has 0 amide bonds. The minimum absolute atomic E-state index is 0.410. The van der Waals surface area contributed by atoms with Crippen LogP contribution in [-0.4, -0.2) is 16.6 Å². The van der Waals surface area contributed by atoms with Crippen LogP contribution in [0, 0.1) is 0 Å². The Morgan fingerprint density at radius 1 is 1.54 bits per heavy atom. The summed E-state index contributed by atoms with van der Waals surface area (Å²) >= 11 is 6.00. The van der Waals surface area contributed by atoms with Crippen molar-refractivity contribution in [2.75, 3.05) is 7.05 Å². The summed E-state index contributed by atoms with van der Waals surface area (Å²) in [5.41, 5.74) is 1.05. The van der Waals surface area contributed by atoms with Crippen molar-refractivity contribution in [3.63, 3.8) is 0 Å². The van der Waals surface area contributed by atoms with Crippen LogP contribution in [-0.2, 0) is 13.6 Å². The molecule has 1 heterocycles. The molecule has 0 spiro atoms. The topological polar surface area (TPSA) is 29.9 Å². The summed E-state index contributed by atoms with van der Waals surface area (Å²) in [7, 11) is 3.90. The Bertz CT molecular complexity index is 291. The van der Waals surface area contributed by atoms with Crippen LogP contribution in [0.2, 0.25) is 5.15 Å². The van der Waals surface area contributed by atoms with Crippen molar-refractivity contribution in [1.29, 1.82) is 0 Å². The number of imidazole rings is 1. The summed E-state index contributed by atoms with van der Waals surface area (Å²) in [6.07, 6.45) is 0. The number of hydrogen-bond acceptors (Lipinski definition) is 2. The molecule has 0 saturated heterocycles. The standard InChI is InChI=1S/C9H16ClN3/c1-6(2)9-12-8(10)7(5-11-3)13(9)4/h6,11H,5H2,1-4H3. The van der Waals surface area contributed by atoms with Crippen molar-refractivity contribution < 1.29 is 0 Å².